The van der Waals surface area contributed by atoms with Crippen LogP contribution in [-0.4, -0.2) is 27.5 Å². The fourth-order valence-electron chi connectivity index (χ4n) is 5.13. The number of unbranched alkanes of at least 4 members (excludes halogenated alkanes) is 1. The van der Waals surface area contributed by atoms with Crippen LogP contribution in [0.15, 0.2) is 45.8 Å². The Morgan fingerprint density at radius 3 is 2.57 bits per heavy atom. The first-order valence-electron chi connectivity index (χ1n) is 10.6. The van der Waals surface area contributed by atoms with Gasteiger partial charge in [-0.2, -0.15) is 0 Å². The van der Waals surface area contributed by atoms with Crippen molar-refractivity contribution in [2.45, 2.75) is 63.3 Å². The summed E-state index contributed by atoms with van der Waals surface area (Å²) in [4.78, 5) is 11.5. The first-order chi connectivity index (χ1) is 14.1. The van der Waals surface area contributed by atoms with Crippen LogP contribution in [0.5, 0.6) is 0 Å². The SMILES string of the molecule is COC(=O)CCCC=CC[C@@H]1[C@@H](NS(=O)(=O)c2ccc(Br)cc2)C[C@H]2C[C@@H]1C2(C)C. The first kappa shape index (κ1) is 23.5. The lowest BCUT2D eigenvalue weighted by molar-refractivity contribution is -0.140. The maximum absolute atomic E-state index is 13.0. The molecule has 7 heteroatoms. The summed E-state index contributed by atoms with van der Waals surface area (Å²) in [6.07, 6.45) is 9.23. The summed E-state index contributed by atoms with van der Waals surface area (Å²) >= 11 is 3.36. The van der Waals surface area contributed by atoms with E-state index in [4.69, 9.17) is 0 Å². The van der Waals surface area contributed by atoms with E-state index < -0.39 is 10.0 Å². The molecule has 2 bridgehead atoms. The Bertz CT molecular complexity index is 879. The highest BCUT2D eigenvalue weighted by Gasteiger charge is 2.57. The lowest BCUT2D eigenvalue weighted by Crippen LogP contribution is -2.61. The van der Waals surface area contributed by atoms with Gasteiger partial charge in [-0.1, -0.05) is 41.9 Å². The number of carbonyl (C=O) groups is 1. The second-order valence-electron chi connectivity index (χ2n) is 9.12. The zero-order valence-corrected chi connectivity index (χ0v) is 20.3. The number of hydrogen-bond donors (Lipinski definition) is 1. The molecule has 3 aliphatic carbocycles. The second kappa shape index (κ2) is 9.53. The molecule has 0 spiro atoms. The molecule has 166 valence electrons. The van der Waals surface area contributed by atoms with Crippen molar-refractivity contribution in [3.05, 3.63) is 40.9 Å². The summed E-state index contributed by atoms with van der Waals surface area (Å²) in [5.74, 6) is 1.20. The van der Waals surface area contributed by atoms with E-state index in [1.165, 1.54) is 13.5 Å². The number of rotatable bonds is 9. The van der Waals surface area contributed by atoms with Crippen LogP contribution in [-0.2, 0) is 19.6 Å². The summed E-state index contributed by atoms with van der Waals surface area (Å²) in [5, 5.41) is 0. The molecule has 0 saturated heterocycles. The number of ether oxygens (including phenoxy) is 1. The van der Waals surface area contributed by atoms with Gasteiger partial charge in [0.1, 0.15) is 0 Å². The Kier molecular flexibility index (Phi) is 7.46. The molecule has 0 radical (unpaired) electrons. The summed E-state index contributed by atoms with van der Waals surface area (Å²) in [7, 11) is -2.14. The summed E-state index contributed by atoms with van der Waals surface area (Å²) in [6.45, 7) is 4.64. The van der Waals surface area contributed by atoms with Crippen molar-refractivity contribution in [3.63, 3.8) is 0 Å². The van der Waals surface area contributed by atoms with E-state index in [-0.39, 0.29) is 23.3 Å². The summed E-state index contributed by atoms with van der Waals surface area (Å²) < 4.78 is 34.5. The standard InChI is InChI=1S/C23H32BrNO4S/c1-23(2)16-14-20(23)19(8-6-4-5-7-9-22(26)29-3)21(15-16)25-30(27,28)18-12-10-17(24)11-13-18/h4,6,10-13,16,19-21,25H,5,7-9,14-15H2,1-3H3/t16-,19+,20+,21+/m1/s1. The van der Waals surface area contributed by atoms with Crippen molar-refractivity contribution in [1.29, 1.82) is 0 Å². The predicted octanol–water partition coefficient (Wildman–Crippen LogP) is 5.07. The van der Waals surface area contributed by atoms with E-state index in [0.29, 0.717) is 23.2 Å². The van der Waals surface area contributed by atoms with E-state index in [9.17, 15) is 13.2 Å². The van der Waals surface area contributed by atoms with Gasteiger partial charge in [0.05, 0.1) is 12.0 Å². The fourth-order valence-corrected chi connectivity index (χ4v) is 6.69. The van der Waals surface area contributed by atoms with Crippen molar-refractivity contribution in [3.8, 4) is 0 Å². The molecule has 0 amide bonds. The molecule has 1 N–H and O–H groups in total. The van der Waals surface area contributed by atoms with Crippen LogP contribution >= 0.6 is 15.9 Å². The van der Waals surface area contributed by atoms with Gasteiger partial charge < -0.3 is 4.74 Å². The quantitative estimate of drug-likeness (QED) is 0.293. The smallest absolute Gasteiger partial charge is 0.305 e. The summed E-state index contributed by atoms with van der Waals surface area (Å²) in [5.41, 5.74) is 0.267. The van der Waals surface area contributed by atoms with Crippen molar-refractivity contribution < 1.29 is 17.9 Å². The number of methoxy groups -OCH3 is 1. The Morgan fingerprint density at radius 2 is 1.93 bits per heavy atom. The van der Waals surface area contributed by atoms with E-state index in [1.54, 1.807) is 24.3 Å². The van der Waals surface area contributed by atoms with Gasteiger partial charge in [-0.25, -0.2) is 13.1 Å². The minimum absolute atomic E-state index is 0.0462. The van der Waals surface area contributed by atoms with Crippen LogP contribution in [0.2, 0.25) is 0 Å². The number of fused-ring (bicyclic) bond motifs is 2. The average molecular weight is 498 g/mol. The van der Waals surface area contributed by atoms with Crippen LogP contribution < -0.4 is 4.72 Å². The van der Waals surface area contributed by atoms with Gasteiger partial charge in [-0.3, -0.25) is 4.79 Å². The lowest BCUT2D eigenvalue weighted by Gasteiger charge is -2.62. The Hall–Kier alpha value is -1.18. The maximum atomic E-state index is 13.0. The van der Waals surface area contributed by atoms with Crippen LogP contribution in [0, 0.1) is 23.2 Å². The highest BCUT2D eigenvalue weighted by atomic mass is 79.9. The number of halogens is 1. The van der Waals surface area contributed by atoms with Crippen LogP contribution in [0.3, 0.4) is 0 Å². The van der Waals surface area contributed by atoms with Crippen LogP contribution in [0.1, 0.15) is 52.4 Å². The Balaban J connectivity index is 1.65. The zero-order chi connectivity index (χ0) is 21.9. The zero-order valence-electron chi connectivity index (χ0n) is 17.9. The molecule has 0 heterocycles. The van der Waals surface area contributed by atoms with Gasteiger partial charge in [0.25, 0.3) is 0 Å². The number of allylic oxidation sites excluding steroid dienone is 2. The van der Waals surface area contributed by atoms with Gasteiger partial charge in [0.2, 0.25) is 10.0 Å². The maximum Gasteiger partial charge on any atom is 0.305 e. The third-order valence-electron chi connectivity index (χ3n) is 7.10. The highest BCUT2D eigenvalue weighted by Crippen LogP contribution is 2.62. The number of esters is 1. The molecule has 4 rings (SSSR count). The molecule has 3 aliphatic rings. The molecule has 3 saturated carbocycles. The monoisotopic (exact) mass is 497 g/mol. The Morgan fingerprint density at radius 1 is 1.23 bits per heavy atom. The normalized spacial score (nSPS) is 27.6. The molecule has 0 aliphatic heterocycles. The van der Waals surface area contributed by atoms with Crippen molar-refractivity contribution in [2.24, 2.45) is 23.2 Å². The van der Waals surface area contributed by atoms with Gasteiger partial charge in [0, 0.05) is 16.9 Å². The van der Waals surface area contributed by atoms with Crippen molar-refractivity contribution in [1.82, 2.24) is 4.72 Å². The van der Waals surface area contributed by atoms with E-state index in [1.807, 2.05) is 0 Å². The molecule has 1 aromatic carbocycles. The minimum Gasteiger partial charge on any atom is -0.469 e. The molecule has 5 nitrogen and oxygen atoms in total. The molecule has 30 heavy (non-hydrogen) atoms. The number of carbonyl (C=O) groups excluding carboxylic acids is 1. The van der Waals surface area contributed by atoms with Crippen LogP contribution in [0.25, 0.3) is 0 Å². The molecule has 3 fully saturated rings. The van der Waals surface area contributed by atoms with E-state index in [0.717, 1.165) is 30.2 Å². The molecule has 1 aromatic rings. The molecule has 0 aromatic heterocycles. The third kappa shape index (κ3) is 5.17. The Labute approximate surface area is 188 Å². The minimum atomic E-state index is -3.55. The molecular weight excluding hydrogens is 466 g/mol. The second-order valence-corrected chi connectivity index (χ2v) is 11.7. The molecule has 0 unspecified atom stereocenters. The van der Waals surface area contributed by atoms with Gasteiger partial charge in [-0.15, -0.1) is 0 Å². The van der Waals surface area contributed by atoms with Gasteiger partial charge in [-0.05, 0) is 79.5 Å². The third-order valence-corrected chi connectivity index (χ3v) is 9.14. The molecular formula is C23H32BrNO4S. The number of sulfonamides is 1. The highest BCUT2D eigenvalue weighted by molar-refractivity contribution is 9.10. The van der Waals surface area contributed by atoms with Gasteiger partial charge in [0.15, 0.2) is 0 Å². The van der Waals surface area contributed by atoms with E-state index >= 15 is 0 Å². The number of benzene rings is 1. The largest absolute Gasteiger partial charge is 0.469 e. The van der Waals surface area contributed by atoms with Gasteiger partial charge >= 0.3 is 5.97 Å². The summed E-state index contributed by atoms with van der Waals surface area (Å²) in [6, 6.07) is 6.73. The number of hydrogen-bond acceptors (Lipinski definition) is 4. The topological polar surface area (TPSA) is 72.5 Å². The predicted molar refractivity (Wildman–Crippen MR) is 121 cm³/mol. The molecule has 4 atom stereocenters. The lowest BCUT2D eigenvalue weighted by atomic mass is 9.44. The van der Waals surface area contributed by atoms with E-state index in [2.05, 4.69) is 51.4 Å². The van der Waals surface area contributed by atoms with Crippen LogP contribution in [0.4, 0.5) is 0 Å². The van der Waals surface area contributed by atoms with Crippen molar-refractivity contribution in [2.75, 3.05) is 7.11 Å². The fraction of sp³-hybridized carbons (Fsp3) is 0.609. The van der Waals surface area contributed by atoms with Crippen molar-refractivity contribution >= 4 is 31.9 Å². The first-order valence-corrected chi connectivity index (χ1v) is 12.9. The number of nitrogens with one attached hydrogen (secondary N) is 1. The average Bonchev–Trinajstić information content (AvgIpc) is 2.70.